The van der Waals surface area contributed by atoms with E-state index >= 15 is 0 Å². The minimum absolute atomic E-state index is 0.0929. The number of aliphatic hydroxyl groups is 1. The molecule has 0 aliphatic carbocycles. The molecule has 0 aliphatic heterocycles. The second-order valence-electron chi connectivity index (χ2n) is 5.25. The fourth-order valence-corrected chi connectivity index (χ4v) is 2.13. The Morgan fingerprint density at radius 3 is 2.76 bits per heavy atom. The first kappa shape index (κ1) is 17.5. The highest BCUT2D eigenvalue weighted by Gasteiger charge is 2.17. The van der Waals surface area contributed by atoms with E-state index in [9.17, 15) is 9.90 Å². The van der Waals surface area contributed by atoms with Gasteiger partial charge < -0.3 is 20.1 Å². The van der Waals surface area contributed by atoms with Crippen LogP contribution in [0.5, 0.6) is 0 Å². The van der Waals surface area contributed by atoms with Crippen molar-refractivity contribution in [3.8, 4) is 0 Å². The molecule has 1 atom stereocenters. The summed E-state index contributed by atoms with van der Waals surface area (Å²) >= 11 is 0. The molecule has 0 heterocycles. The van der Waals surface area contributed by atoms with E-state index in [-0.39, 0.29) is 19.1 Å². The number of aryl methyl sites for hydroxylation is 1. The van der Waals surface area contributed by atoms with E-state index in [0.717, 1.165) is 24.2 Å². The van der Waals surface area contributed by atoms with Gasteiger partial charge in [0, 0.05) is 38.5 Å². The predicted molar refractivity (Wildman–Crippen MR) is 84.8 cm³/mol. The average molecular weight is 294 g/mol. The number of aliphatic hydroxyl groups excluding tert-OH is 1. The highest BCUT2D eigenvalue weighted by Crippen LogP contribution is 2.17. The van der Waals surface area contributed by atoms with Crippen LogP contribution in [0.1, 0.15) is 29.3 Å². The van der Waals surface area contributed by atoms with Crippen molar-refractivity contribution in [3.05, 3.63) is 29.3 Å². The molecule has 118 valence electrons. The average Bonchev–Trinajstić information content (AvgIpc) is 2.44. The lowest BCUT2D eigenvalue weighted by Gasteiger charge is -2.21. The summed E-state index contributed by atoms with van der Waals surface area (Å²) in [6.45, 7) is 5.41. The molecule has 1 aromatic rings. The first-order valence-corrected chi connectivity index (χ1v) is 7.26. The van der Waals surface area contributed by atoms with Crippen LogP contribution in [-0.4, -0.2) is 55.9 Å². The minimum Gasteiger partial charge on any atom is -0.389 e. The van der Waals surface area contributed by atoms with Crippen molar-refractivity contribution in [1.82, 2.24) is 4.90 Å². The molecule has 1 aromatic carbocycles. The summed E-state index contributed by atoms with van der Waals surface area (Å²) in [4.78, 5) is 13.9. The van der Waals surface area contributed by atoms with Crippen LogP contribution in [0.4, 0.5) is 5.69 Å². The van der Waals surface area contributed by atoms with Crippen LogP contribution in [0.2, 0.25) is 0 Å². The number of likely N-dealkylation sites (N-methyl/N-ethyl adjacent to an activating group) is 1. The number of ether oxygens (including phenoxy) is 1. The molecule has 1 unspecified atom stereocenters. The first-order valence-electron chi connectivity index (χ1n) is 7.26. The number of nitrogens with one attached hydrogen (secondary N) is 1. The van der Waals surface area contributed by atoms with Gasteiger partial charge >= 0.3 is 0 Å². The van der Waals surface area contributed by atoms with Gasteiger partial charge in [0.05, 0.1) is 12.7 Å². The van der Waals surface area contributed by atoms with Crippen LogP contribution < -0.4 is 5.32 Å². The maximum atomic E-state index is 12.4. The molecule has 0 bridgehead atoms. The number of hydrogen-bond donors (Lipinski definition) is 2. The molecule has 1 rings (SSSR count). The fourth-order valence-electron chi connectivity index (χ4n) is 2.13. The van der Waals surface area contributed by atoms with Gasteiger partial charge in [-0.25, -0.2) is 0 Å². The van der Waals surface area contributed by atoms with Crippen LogP contribution in [0.15, 0.2) is 18.2 Å². The summed E-state index contributed by atoms with van der Waals surface area (Å²) in [5.41, 5.74) is 2.60. The topological polar surface area (TPSA) is 61.8 Å². The van der Waals surface area contributed by atoms with E-state index in [4.69, 9.17) is 4.74 Å². The Morgan fingerprint density at radius 2 is 2.19 bits per heavy atom. The minimum atomic E-state index is -0.672. The molecule has 5 heteroatoms. The van der Waals surface area contributed by atoms with Crippen LogP contribution in [0.25, 0.3) is 0 Å². The Bertz CT molecular complexity index is 463. The number of carbonyl (C=O) groups excluding carboxylic acids is 1. The lowest BCUT2D eigenvalue weighted by Crippen LogP contribution is -2.36. The lowest BCUT2D eigenvalue weighted by molar-refractivity contribution is 0.0380. The van der Waals surface area contributed by atoms with Crippen molar-refractivity contribution in [2.75, 3.05) is 39.2 Å². The summed E-state index contributed by atoms with van der Waals surface area (Å²) in [7, 11) is 3.21. The maximum Gasteiger partial charge on any atom is 0.253 e. The van der Waals surface area contributed by atoms with Gasteiger partial charge in [-0.3, -0.25) is 4.79 Å². The van der Waals surface area contributed by atoms with Gasteiger partial charge in [-0.05, 0) is 37.1 Å². The van der Waals surface area contributed by atoms with E-state index in [1.807, 2.05) is 25.1 Å². The summed E-state index contributed by atoms with van der Waals surface area (Å²) in [5.74, 6) is -0.0929. The molecule has 0 fully saturated rings. The molecule has 1 amide bonds. The van der Waals surface area contributed by atoms with Gasteiger partial charge in [0.2, 0.25) is 0 Å². The third kappa shape index (κ3) is 5.36. The smallest absolute Gasteiger partial charge is 0.253 e. The van der Waals surface area contributed by atoms with Gasteiger partial charge in [0.1, 0.15) is 0 Å². The van der Waals surface area contributed by atoms with Gasteiger partial charge in [-0.15, -0.1) is 0 Å². The molecule has 5 nitrogen and oxygen atoms in total. The molecule has 0 aliphatic rings. The molecular weight excluding hydrogens is 268 g/mol. The summed E-state index contributed by atoms with van der Waals surface area (Å²) in [6, 6.07) is 5.71. The Kier molecular flexibility index (Phi) is 7.19. The highest BCUT2D eigenvalue weighted by atomic mass is 16.5. The zero-order valence-electron chi connectivity index (χ0n) is 13.3. The molecule has 0 saturated heterocycles. The molecular formula is C16H26N2O3. The zero-order valence-corrected chi connectivity index (χ0v) is 13.3. The van der Waals surface area contributed by atoms with Gasteiger partial charge in [0.15, 0.2) is 0 Å². The molecule has 21 heavy (non-hydrogen) atoms. The second kappa shape index (κ2) is 8.64. The van der Waals surface area contributed by atoms with E-state index in [1.54, 1.807) is 7.05 Å². The standard InChI is InChI=1S/C16H26N2O3/c1-5-8-17-13-6-7-15(12(2)9-13)16(20)18(3)10-14(19)11-21-4/h6-7,9,14,17,19H,5,8,10-11H2,1-4H3. The van der Waals surface area contributed by atoms with Gasteiger partial charge in [-0.2, -0.15) is 0 Å². The lowest BCUT2D eigenvalue weighted by atomic mass is 10.1. The number of benzene rings is 1. The Morgan fingerprint density at radius 1 is 1.48 bits per heavy atom. The maximum absolute atomic E-state index is 12.4. The quantitative estimate of drug-likeness (QED) is 0.768. The number of amides is 1. The Hall–Kier alpha value is -1.59. The van der Waals surface area contributed by atoms with Crippen LogP contribution in [-0.2, 0) is 4.74 Å². The highest BCUT2D eigenvalue weighted by molar-refractivity contribution is 5.96. The van der Waals surface area contributed by atoms with Crippen LogP contribution in [0.3, 0.4) is 0 Å². The number of methoxy groups -OCH3 is 1. The van der Waals surface area contributed by atoms with Gasteiger partial charge in [0.25, 0.3) is 5.91 Å². The van der Waals surface area contributed by atoms with Crippen molar-refractivity contribution < 1.29 is 14.6 Å². The second-order valence-corrected chi connectivity index (χ2v) is 5.25. The van der Waals surface area contributed by atoms with E-state index < -0.39 is 6.10 Å². The summed E-state index contributed by atoms with van der Waals surface area (Å²) in [6.07, 6.45) is 0.384. The zero-order chi connectivity index (χ0) is 15.8. The number of nitrogens with zero attached hydrogens (tertiary/aromatic N) is 1. The number of hydrogen-bond acceptors (Lipinski definition) is 4. The van der Waals surface area contributed by atoms with E-state index in [0.29, 0.717) is 5.56 Å². The first-order chi connectivity index (χ1) is 9.99. The van der Waals surface area contributed by atoms with E-state index in [1.165, 1.54) is 12.0 Å². The Balaban J connectivity index is 2.73. The molecule has 0 aromatic heterocycles. The Labute approximate surface area is 126 Å². The normalized spacial score (nSPS) is 12.0. The number of carbonyl (C=O) groups is 1. The van der Waals surface area contributed by atoms with Crippen molar-refractivity contribution in [2.24, 2.45) is 0 Å². The summed E-state index contributed by atoms with van der Waals surface area (Å²) in [5, 5.41) is 13.0. The number of rotatable bonds is 8. The largest absolute Gasteiger partial charge is 0.389 e. The van der Waals surface area contributed by atoms with E-state index in [2.05, 4.69) is 12.2 Å². The van der Waals surface area contributed by atoms with Crippen LogP contribution in [0, 0.1) is 6.92 Å². The van der Waals surface area contributed by atoms with Crippen LogP contribution >= 0.6 is 0 Å². The van der Waals surface area contributed by atoms with Crippen molar-refractivity contribution in [2.45, 2.75) is 26.4 Å². The van der Waals surface area contributed by atoms with Crippen molar-refractivity contribution in [1.29, 1.82) is 0 Å². The van der Waals surface area contributed by atoms with Gasteiger partial charge in [-0.1, -0.05) is 6.92 Å². The monoisotopic (exact) mass is 294 g/mol. The SMILES string of the molecule is CCCNc1ccc(C(=O)N(C)CC(O)COC)c(C)c1. The molecule has 0 radical (unpaired) electrons. The summed E-state index contributed by atoms with van der Waals surface area (Å²) < 4.78 is 4.87. The molecule has 2 N–H and O–H groups in total. The third-order valence-corrected chi connectivity index (χ3v) is 3.23. The predicted octanol–water partition coefficient (Wildman–Crippen LogP) is 1.90. The van der Waals surface area contributed by atoms with Crippen molar-refractivity contribution >= 4 is 11.6 Å². The molecule has 0 spiro atoms. The molecule has 0 saturated carbocycles. The van der Waals surface area contributed by atoms with Crippen molar-refractivity contribution in [3.63, 3.8) is 0 Å². The third-order valence-electron chi connectivity index (χ3n) is 3.23. The number of anilines is 1. The fraction of sp³-hybridized carbons (Fsp3) is 0.562.